The van der Waals surface area contributed by atoms with Crippen molar-refractivity contribution in [3.63, 3.8) is 0 Å². The summed E-state index contributed by atoms with van der Waals surface area (Å²) in [6, 6.07) is 0. The van der Waals surface area contributed by atoms with E-state index in [9.17, 15) is 5.11 Å². The number of β-amino-alcohol motifs (C(OH)–C–C–N with tert-alkyl or cyclic N) is 1. The summed E-state index contributed by atoms with van der Waals surface area (Å²) in [5.41, 5.74) is 2.84. The fraction of sp³-hybridized carbons (Fsp3) is 0.600. The van der Waals surface area contributed by atoms with E-state index in [-0.39, 0.29) is 0 Å². The van der Waals surface area contributed by atoms with Gasteiger partial charge in [0.05, 0.1) is 17.5 Å². The number of nitrogens with zero attached hydrogens (tertiary/aromatic N) is 2. The summed E-state index contributed by atoms with van der Waals surface area (Å²) in [5.74, 6) is 0.333. The van der Waals surface area contributed by atoms with E-state index in [1.807, 2.05) is 0 Å². The normalized spacial score (nSPS) is 21.0. The molecule has 1 unspecified atom stereocenters. The molecule has 2 rings (SSSR count). The van der Waals surface area contributed by atoms with Crippen molar-refractivity contribution in [1.29, 1.82) is 0 Å². The number of aliphatic hydroxyl groups is 1. The lowest BCUT2D eigenvalue weighted by Gasteiger charge is -2.24. The molecule has 1 aromatic rings. The van der Waals surface area contributed by atoms with E-state index < -0.39 is 6.10 Å². The van der Waals surface area contributed by atoms with E-state index in [1.54, 1.807) is 6.33 Å². The Morgan fingerprint density at radius 1 is 1.50 bits per heavy atom. The van der Waals surface area contributed by atoms with Crippen molar-refractivity contribution in [1.82, 2.24) is 15.3 Å². The van der Waals surface area contributed by atoms with Crippen molar-refractivity contribution in [2.45, 2.75) is 32.4 Å². The predicted octanol–water partition coefficient (Wildman–Crippen LogP) is 0.737. The smallest absolute Gasteiger partial charge is 0.116 e. The van der Waals surface area contributed by atoms with Crippen molar-refractivity contribution in [2.75, 3.05) is 6.54 Å². The first-order chi connectivity index (χ1) is 6.70. The minimum atomic E-state index is -0.461. The van der Waals surface area contributed by atoms with Gasteiger partial charge in [-0.3, -0.25) is 0 Å². The molecule has 0 saturated carbocycles. The highest BCUT2D eigenvalue weighted by atomic mass is 16.3. The van der Waals surface area contributed by atoms with E-state index in [0.717, 1.165) is 23.5 Å². The van der Waals surface area contributed by atoms with Crippen LogP contribution in [0.1, 0.15) is 42.8 Å². The van der Waals surface area contributed by atoms with Gasteiger partial charge >= 0.3 is 0 Å². The van der Waals surface area contributed by atoms with Gasteiger partial charge in [0.2, 0.25) is 0 Å². The summed E-state index contributed by atoms with van der Waals surface area (Å²) in [6.07, 6.45) is 1.12. The highest BCUT2D eigenvalue weighted by molar-refractivity contribution is 5.31. The lowest BCUT2D eigenvalue weighted by molar-refractivity contribution is 0.161. The summed E-state index contributed by atoms with van der Waals surface area (Å²) in [7, 11) is 0. The Labute approximate surface area is 83.4 Å². The number of aromatic nitrogens is 2. The zero-order chi connectivity index (χ0) is 10.1. The SMILES string of the molecule is CC(C)c1ncnc2c1C(O)CNC2. The van der Waals surface area contributed by atoms with Crippen LogP contribution in [0.3, 0.4) is 0 Å². The zero-order valence-electron chi connectivity index (χ0n) is 8.49. The highest BCUT2D eigenvalue weighted by Crippen LogP contribution is 2.27. The Morgan fingerprint density at radius 3 is 3.00 bits per heavy atom. The molecule has 0 spiro atoms. The van der Waals surface area contributed by atoms with Gasteiger partial charge in [-0.1, -0.05) is 13.8 Å². The van der Waals surface area contributed by atoms with Gasteiger partial charge in [-0.25, -0.2) is 9.97 Å². The first-order valence-corrected chi connectivity index (χ1v) is 4.92. The number of rotatable bonds is 1. The second kappa shape index (κ2) is 3.63. The molecule has 1 aliphatic rings. The molecule has 1 aromatic heterocycles. The van der Waals surface area contributed by atoms with Gasteiger partial charge in [-0.05, 0) is 5.92 Å². The Balaban J connectivity index is 2.52. The molecule has 0 amide bonds. The molecule has 4 nitrogen and oxygen atoms in total. The van der Waals surface area contributed by atoms with Gasteiger partial charge in [0.15, 0.2) is 0 Å². The highest BCUT2D eigenvalue weighted by Gasteiger charge is 2.23. The summed E-state index contributed by atoms with van der Waals surface area (Å²) < 4.78 is 0. The molecule has 0 fully saturated rings. The average Bonchev–Trinajstić information content (AvgIpc) is 2.17. The van der Waals surface area contributed by atoms with Gasteiger partial charge in [0.1, 0.15) is 6.33 Å². The van der Waals surface area contributed by atoms with E-state index in [0.29, 0.717) is 12.5 Å². The van der Waals surface area contributed by atoms with Crippen LogP contribution in [-0.2, 0) is 6.54 Å². The number of hydrogen-bond acceptors (Lipinski definition) is 4. The number of nitrogens with one attached hydrogen (secondary N) is 1. The molecule has 2 heterocycles. The van der Waals surface area contributed by atoms with Gasteiger partial charge in [-0.15, -0.1) is 0 Å². The molecule has 2 N–H and O–H groups in total. The monoisotopic (exact) mass is 193 g/mol. The van der Waals surface area contributed by atoms with Crippen molar-refractivity contribution in [3.8, 4) is 0 Å². The number of fused-ring (bicyclic) bond motifs is 1. The molecule has 1 atom stereocenters. The van der Waals surface area contributed by atoms with Crippen molar-refractivity contribution in [2.24, 2.45) is 0 Å². The number of hydrogen-bond donors (Lipinski definition) is 2. The third-order valence-corrected chi connectivity index (χ3v) is 2.51. The minimum absolute atomic E-state index is 0.333. The quantitative estimate of drug-likeness (QED) is 0.690. The second-order valence-electron chi connectivity index (χ2n) is 3.92. The van der Waals surface area contributed by atoms with Crippen LogP contribution < -0.4 is 5.32 Å². The first kappa shape index (κ1) is 9.55. The topological polar surface area (TPSA) is 58.0 Å². The molecule has 76 valence electrons. The van der Waals surface area contributed by atoms with E-state index >= 15 is 0 Å². The van der Waals surface area contributed by atoms with E-state index in [1.165, 1.54) is 0 Å². The lowest BCUT2D eigenvalue weighted by atomic mass is 9.96. The molecular formula is C10H15N3O. The van der Waals surface area contributed by atoms with Gasteiger partial charge in [0, 0.05) is 18.7 Å². The Morgan fingerprint density at radius 2 is 2.29 bits per heavy atom. The fourth-order valence-electron chi connectivity index (χ4n) is 1.84. The molecule has 0 aromatic carbocycles. The van der Waals surface area contributed by atoms with Gasteiger partial charge in [0.25, 0.3) is 0 Å². The average molecular weight is 193 g/mol. The van der Waals surface area contributed by atoms with Crippen LogP contribution in [0.5, 0.6) is 0 Å². The minimum Gasteiger partial charge on any atom is -0.387 e. The zero-order valence-corrected chi connectivity index (χ0v) is 8.49. The van der Waals surface area contributed by atoms with Crippen LogP contribution in [0.4, 0.5) is 0 Å². The third-order valence-electron chi connectivity index (χ3n) is 2.51. The van der Waals surface area contributed by atoms with Crippen LogP contribution in [0, 0.1) is 0 Å². The predicted molar refractivity (Wildman–Crippen MR) is 52.8 cm³/mol. The largest absolute Gasteiger partial charge is 0.387 e. The standard InChI is InChI=1S/C10H15N3O/c1-6(2)10-9-7(12-5-13-10)3-11-4-8(9)14/h5-6,8,11,14H,3-4H2,1-2H3. The molecule has 14 heavy (non-hydrogen) atoms. The molecule has 0 saturated heterocycles. The fourth-order valence-corrected chi connectivity index (χ4v) is 1.84. The van der Waals surface area contributed by atoms with Gasteiger partial charge in [-0.2, -0.15) is 0 Å². The lowest BCUT2D eigenvalue weighted by Crippen LogP contribution is -2.30. The molecule has 0 bridgehead atoms. The van der Waals surface area contributed by atoms with E-state index in [2.05, 4.69) is 29.1 Å². The third kappa shape index (κ3) is 1.51. The van der Waals surface area contributed by atoms with E-state index in [4.69, 9.17) is 0 Å². The Hall–Kier alpha value is -1.00. The van der Waals surface area contributed by atoms with Crippen LogP contribution in [-0.4, -0.2) is 21.6 Å². The summed E-state index contributed by atoms with van der Waals surface area (Å²) in [5, 5.41) is 13.0. The van der Waals surface area contributed by atoms with Crippen molar-refractivity contribution < 1.29 is 5.11 Å². The first-order valence-electron chi connectivity index (χ1n) is 4.92. The molecule has 0 aliphatic carbocycles. The molecular weight excluding hydrogens is 178 g/mol. The molecule has 0 radical (unpaired) electrons. The van der Waals surface area contributed by atoms with Gasteiger partial charge < -0.3 is 10.4 Å². The summed E-state index contributed by atoms with van der Waals surface area (Å²) >= 11 is 0. The van der Waals surface area contributed by atoms with Crippen molar-refractivity contribution >= 4 is 0 Å². The summed E-state index contributed by atoms with van der Waals surface area (Å²) in [6.45, 7) is 5.49. The molecule has 1 aliphatic heterocycles. The Bertz CT molecular complexity index is 338. The van der Waals surface area contributed by atoms with Crippen LogP contribution >= 0.6 is 0 Å². The maximum Gasteiger partial charge on any atom is 0.116 e. The Kier molecular flexibility index (Phi) is 2.48. The maximum absolute atomic E-state index is 9.85. The summed E-state index contributed by atoms with van der Waals surface area (Å²) in [4.78, 5) is 8.42. The van der Waals surface area contributed by atoms with Crippen LogP contribution in [0.25, 0.3) is 0 Å². The second-order valence-corrected chi connectivity index (χ2v) is 3.92. The maximum atomic E-state index is 9.85. The van der Waals surface area contributed by atoms with Crippen molar-refractivity contribution in [3.05, 3.63) is 23.3 Å². The van der Waals surface area contributed by atoms with Crippen LogP contribution in [0.2, 0.25) is 0 Å². The van der Waals surface area contributed by atoms with Crippen LogP contribution in [0.15, 0.2) is 6.33 Å². The number of aliphatic hydroxyl groups excluding tert-OH is 1. The molecule has 4 heteroatoms.